The van der Waals surface area contributed by atoms with Gasteiger partial charge in [0, 0.05) is 28.6 Å². The van der Waals surface area contributed by atoms with Gasteiger partial charge in [0.1, 0.15) is 18.6 Å². The van der Waals surface area contributed by atoms with Gasteiger partial charge in [-0.2, -0.15) is 0 Å². The summed E-state index contributed by atoms with van der Waals surface area (Å²) in [6.07, 6.45) is 5.07. The largest absolute Gasteiger partial charge is 0.487 e. The molecule has 0 bridgehead atoms. The van der Waals surface area contributed by atoms with Gasteiger partial charge in [-0.25, -0.2) is 4.98 Å². The number of anilines is 3. The molecule has 32 heavy (non-hydrogen) atoms. The molecule has 0 amide bonds. The molecule has 1 aliphatic rings. The molecular weight excluding hydrogens is 398 g/mol. The van der Waals surface area contributed by atoms with E-state index in [9.17, 15) is 0 Å². The number of rotatable bonds is 3. The number of nitrogens with zero attached hydrogens (tertiary/aromatic N) is 3. The molecule has 0 saturated heterocycles. The van der Waals surface area contributed by atoms with Crippen LogP contribution in [0, 0.1) is 0 Å². The van der Waals surface area contributed by atoms with E-state index < -0.39 is 0 Å². The van der Waals surface area contributed by atoms with Gasteiger partial charge in [-0.3, -0.25) is 4.98 Å². The van der Waals surface area contributed by atoms with Crippen LogP contribution in [0.5, 0.6) is 5.75 Å². The second-order valence-electron chi connectivity index (χ2n) is 7.54. The Labute approximate surface area is 185 Å². The number of ether oxygens (including phenoxy) is 1. The molecule has 6 rings (SSSR count). The van der Waals surface area contributed by atoms with Gasteiger partial charge in [0.2, 0.25) is 5.89 Å². The Balaban J connectivity index is 1.56. The SMILES string of the molecule is c1ccc(-c2cccc(N3c4cc(-c5ncco5)ccc4COc4ccccc43)c2)nc1. The second kappa shape index (κ2) is 7.71. The average Bonchev–Trinajstić information content (AvgIpc) is 3.34. The predicted octanol–water partition coefficient (Wildman–Crippen LogP) is 6.77. The van der Waals surface area contributed by atoms with E-state index in [0.717, 1.165) is 45.2 Å². The molecule has 0 saturated carbocycles. The van der Waals surface area contributed by atoms with Crippen molar-refractivity contribution in [1.29, 1.82) is 0 Å². The fourth-order valence-electron chi connectivity index (χ4n) is 4.06. The van der Waals surface area contributed by atoms with Gasteiger partial charge in [-0.05, 0) is 48.5 Å². The number of hydrogen-bond acceptors (Lipinski definition) is 5. The lowest BCUT2D eigenvalue weighted by Crippen LogP contribution is -2.11. The van der Waals surface area contributed by atoms with Crippen LogP contribution in [0.15, 0.2) is 108 Å². The van der Waals surface area contributed by atoms with Crippen molar-refractivity contribution in [3.05, 3.63) is 109 Å². The topological polar surface area (TPSA) is 51.4 Å². The van der Waals surface area contributed by atoms with Gasteiger partial charge in [0.15, 0.2) is 0 Å². The minimum absolute atomic E-state index is 0.481. The number of aromatic nitrogens is 2. The summed E-state index contributed by atoms with van der Waals surface area (Å²) in [4.78, 5) is 11.1. The molecule has 3 aromatic carbocycles. The Morgan fingerprint density at radius 1 is 0.719 bits per heavy atom. The highest BCUT2D eigenvalue weighted by molar-refractivity contribution is 5.85. The molecule has 0 fully saturated rings. The summed E-state index contributed by atoms with van der Waals surface area (Å²) >= 11 is 0. The van der Waals surface area contributed by atoms with Crippen LogP contribution in [-0.4, -0.2) is 9.97 Å². The van der Waals surface area contributed by atoms with Crippen molar-refractivity contribution >= 4 is 17.1 Å². The van der Waals surface area contributed by atoms with Crippen molar-refractivity contribution in [1.82, 2.24) is 9.97 Å². The van der Waals surface area contributed by atoms with Gasteiger partial charge in [0.25, 0.3) is 0 Å². The number of para-hydroxylation sites is 2. The van der Waals surface area contributed by atoms with Gasteiger partial charge in [-0.15, -0.1) is 0 Å². The van der Waals surface area contributed by atoms with Crippen LogP contribution in [0.4, 0.5) is 17.1 Å². The highest BCUT2D eigenvalue weighted by Gasteiger charge is 2.24. The Kier molecular flexibility index (Phi) is 4.43. The van der Waals surface area contributed by atoms with Crippen LogP contribution in [0.25, 0.3) is 22.7 Å². The average molecular weight is 417 g/mol. The van der Waals surface area contributed by atoms with Crippen molar-refractivity contribution in [2.24, 2.45) is 0 Å². The fraction of sp³-hybridized carbons (Fsp3) is 0.0370. The standard InChI is InChI=1S/C27H19N3O2/c1-2-10-26-24(9-1)30(22-7-5-6-19(16-22)23-8-3-4-13-28-23)25-17-20(27-29-14-15-31-27)11-12-21(25)18-32-26/h1-17H,18H2. The molecule has 5 nitrogen and oxygen atoms in total. The van der Waals surface area contributed by atoms with Crippen molar-refractivity contribution in [3.8, 4) is 28.5 Å². The van der Waals surface area contributed by atoms with Crippen molar-refractivity contribution in [2.45, 2.75) is 6.61 Å². The van der Waals surface area contributed by atoms with Crippen LogP contribution in [-0.2, 0) is 6.61 Å². The first-order valence-electron chi connectivity index (χ1n) is 10.4. The van der Waals surface area contributed by atoms with E-state index in [4.69, 9.17) is 9.15 Å². The first kappa shape index (κ1) is 18.4. The van der Waals surface area contributed by atoms with E-state index in [1.54, 1.807) is 12.5 Å². The van der Waals surface area contributed by atoms with Crippen LogP contribution in [0.3, 0.4) is 0 Å². The third-order valence-corrected chi connectivity index (χ3v) is 5.56. The maximum absolute atomic E-state index is 6.18. The fourth-order valence-corrected chi connectivity index (χ4v) is 4.06. The van der Waals surface area contributed by atoms with Crippen molar-refractivity contribution in [2.75, 3.05) is 4.90 Å². The first-order valence-corrected chi connectivity index (χ1v) is 10.4. The Morgan fingerprint density at radius 2 is 1.66 bits per heavy atom. The van der Waals surface area contributed by atoms with Crippen LogP contribution < -0.4 is 9.64 Å². The summed E-state index contributed by atoms with van der Waals surface area (Å²) in [5, 5.41) is 0. The number of fused-ring (bicyclic) bond motifs is 2. The van der Waals surface area contributed by atoms with E-state index in [1.165, 1.54) is 0 Å². The lowest BCUT2D eigenvalue weighted by atomic mass is 10.1. The van der Waals surface area contributed by atoms with E-state index in [1.807, 2.05) is 48.7 Å². The summed E-state index contributed by atoms with van der Waals surface area (Å²) in [7, 11) is 0. The smallest absolute Gasteiger partial charge is 0.225 e. The first-order chi connectivity index (χ1) is 15.9. The summed E-state index contributed by atoms with van der Waals surface area (Å²) < 4.78 is 11.7. The van der Waals surface area contributed by atoms with Crippen LogP contribution >= 0.6 is 0 Å². The molecule has 1 aliphatic heterocycles. The van der Waals surface area contributed by atoms with Crippen molar-refractivity contribution < 1.29 is 9.15 Å². The van der Waals surface area contributed by atoms with Crippen molar-refractivity contribution in [3.63, 3.8) is 0 Å². The maximum atomic E-state index is 6.18. The third-order valence-electron chi connectivity index (χ3n) is 5.56. The molecule has 5 aromatic rings. The number of benzene rings is 3. The van der Waals surface area contributed by atoms with Gasteiger partial charge < -0.3 is 14.1 Å². The summed E-state index contributed by atoms with van der Waals surface area (Å²) in [6.45, 7) is 0.481. The maximum Gasteiger partial charge on any atom is 0.225 e. The number of oxazole rings is 1. The van der Waals surface area contributed by atoms with Crippen LogP contribution in [0.2, 0.25) is 0 Å². The lowest BCUT2D eigenvalue weighted by molar-refractivity contribution is 0.310. The molecule has 0 radical (unpaired) electrons. The highest BCUT2D eigenvalue weighted by atomic mass is 16.5. The Morgan fingerprint density at radius 3 is 2.53 bits per heavy atom. The number of hydrogen-bond donors (Lipinski definition) is 0. The van der Waals surface area contributed by atoms with Gasteiger partial charge >= 0.3 is 0 Å². The monoisotopic (exact) mass is 417 g/mol. The van der Waals surface area contributed by atoms with Crippen LogP contribution in [0.1, 0.15) is 5.56 Å². The molecular formula is C27H19N3O2. The molecule has 154 valence electrons. The van der Waals surface area contributed by atoms with E-state index in [2.05, 4.69) is 57.3 Å². The summed E-state index contributed by atoms with van der Waals surface area (Å²) in [5.74, 6) is 1.43. The van der Waals surface area contributed by atoms with E-state index in [0.29, 0.717) is 12.5 Å². The molecule has 0 atom stereocenters. The predicted molar refractivity (Wildman–Crippen MR) is 124 cm³/mol. The minimum Gasteiger partial charge on any atom is -0.487 e. The molecule has 0 unspecified atom stereocenters. The summed E-state index contributed by atoms with van der Waals surface area (Å²) in [5.41, 5.74) is 7.02. The lowest BCUT2D eigenvalue weighted by Gasteiger charge is -2.26. The quantitative estimate of drug-likeness (QED) is 0.324. The van der Waals surface area contributed by atoms with Gasteiger partial charge in [0.05, 0.1) is 23.3 Å². The normalized spacial score (nSPS) is 12.4. The molecule has 5 heteroatoms. The van der Waals surface area contributed by atoms with Gasteiger partial charge in [-0.1, -0.05) is 36.4 Å². The Bertz CT molecular complexity index is 1380. The zero-order valence-electron chi connectivity index (χ0n) is 17.2. The second-order valence-corrected chi connectivity index (χ2v) is 7.54. The molecule has 2 aromatic heterocycles. The molecule has 3 heterocycles. The highest BCUT2D eigenvalue weighted by Crippen LogP contribution is 2.45. The third kappa shape index (κ3) is 3.20. The van der Waals surface area contributed by atoms with E-state index >= 15 is 0 Å². The minimum atomic E-state index is 0.481. The zero-order valence-corrected chi connectivity index (χ0v) is 17.2. The van der Waals surface area contributed by atoms with E-state index in [-0.39, 0.29) is 0 Å². The Hall–Kier alpha value is -4.38. The summed E-state index contributed by atoms with van der Waals surface area (Å²) in [6, 6.07) is 28.7. The number of pyridine rings is 1. The molecule has 0 aliphatic carbocycles. The molecule has 0 N–H and O–H groups in total. The molecule has 0 spiro atoms. The zero-order chi connectivity index (χ0) is 21.3.